The Morgan fingerprint density at radius 3 is 2.33 bits per heavy atom. The Morgan fingerprint density at radius 1 is 1.25 bits per heavy atom. The summed E-state index contributed by atoms with van der Waals surface area (Å²) in [5.74, 6) is -3.60. The van der Waals surface area contributed by atoms with Gasteiger partial charge >= 0.3 is 18.1 Å². The quantitative estimate of drug-likeness (QED) is 0.703. The van der Waals surface area contributed by atoms with E-state index >= 15 is 0 Å². The summed E-state index contributed by atoms with van der Waals surface area (Å²) < 4.78 is 33.6. The number of carboxylic acid groups (broad SMARTS) is 2. The largest absolute Gasteiger partial charge is 0.490 e. The number of halogens is 3. The van der Waals surface area contributed by atoms with Gasteiger partial charge in [-0.2, -0.15) is 18.3 Å². The SMILES string of the molecule is O=C(O)C(F)(F)F.O=C(O)[C@@H]1C[C@@H](O)CN1CCCn1cccn1. The highest BCUT2D eigenvalue weighted by Gasteiger charge is 2.38. The van der Waals surface area contributed by atoms with E-state index in [4.69, 9.17) is 15.0 Å². The average molecular weight is 353 g/mol. The number of β-amino-alcohol motifs (C(OH)–C–C–N with tert-alkyl or cyclic N) is 1. The van der Waals surface area contributed by atoms with Crippen LogP contribution in [-0.2, 0) is 16.1 Å². The van der Waals surface area contributed by atoms with Gasteiger partial charge in [-0.25, -0.2) is 4.79 Å². The van der Waals surface area contributed by atoms with E-state index in [1.807, 2.05) is 21.8 Å². The van der Waals surface area contributed by atoms with Gasteiger partial charge in [0.05, 0.1) is 6.10 Å². The third-order valence-electron chi connectivity index (χ3n) is 3.30. The molecule has 0 aromatic carbocycles. The van der Waals surface area contributed by atoms with E-state index < -0.39 is 30.3 Å². The summed E-state index contributed by atoms with van der Waals surface area (Å²) in [5.41, 5.74) is 0. The second kappa shape index (κ2) is 8.64. The molecule has 0 unspecified atom stereocenters. The number of aryl methyl sites for hydroxylation is 1. The Morgan fingerprint density at radius 2 is 1.88 bits per heavy atom. The molecule has 1 saturated heterocycles. The second-order valence-electron chi connectivity index (χ2n) is 5.16. The molecule has 0 saturated carbocycles. The van der Waals surface area contributed by atoms with E-state index in [0.29, 0.717) is 19.5 Å². The number of carbonyl (C=O) groups is 2. The minimum Gasteiger partial charge on any atom is -0.480 e. The molecular formula is C13H18F3N3O5. The van der Waals surface area contributed by atoms with Crippen LogP contribution < -0.4 is 0 Å². The number of rotatable bonds is 5. The zero-order chi connectivity index (χ0) is 18.3. The lowest BCUT2D eigenvalue weighted by Gasteiger charge is -2.20. The molecule has 2 atom stereocenters. The molecule has 136 valence electrons. The Labute approximate surface area is 135 Å². The van der Waals surface area contributed by atoms with Crippen LogP contribution in [0, 0.1) is 0 Å². The van der Waals surface area contributed by atoms with Crippen LogP contribution >= 0.6 is 0 Å². The first-order chi connectivity index (χ1) is 11.1. The predicted octanol–water partition coefficient (Wildman–Crippen LogP) is 0.426. The highest BCUT2D eigenvalue weighted by Crippen LogP contribution is 2.18. The summed E-state index contributed by atoms with van der Waals surface area (Å²) in [6.45, 7) is 1.90. The summed E-state index contributed by atoms with van der Waals surface area (Å²) in [5, 5.41) is 29.7. The Bertz CT molecular complexity index is 535. The van der Waals surface area contributed by atoms with Gasteiger partial charge < -0.3 is 15.3 Å². The van der Waals surface area contributed by atoms with Gasteiger partial charge in [0.15, 0.2) is 0 Å². The van der Waals surface area contributed by atoms with E-state index in [9.17, 15) is 23.1 Å². The highest BCUT2D eigenvalue weighted by atomic mass is 19.4. The minimum atomic E-state index is -5.08. The molecule has 1 fully saturated rings. The second-order valence-corrected chi connectivity index (χ2v) is 5.16. The van der Waals surface area contributed by atoms with Crippen molar-refractivity contribution in [1.29, 1.82) is 0 Å². The van der Waals surface area contributed by atoms with Gasteiger partial charge in [-0.1, -0.05) is 0 Å². The smallest absolute Gasteiger partial charge is 0.480 e. The summed E-state index contributed by atoms with van der Waals surface area (Å²) in [7, 11) is 0. The highest BCUT2D eigenvalue weighted by molar-refractivity contribution is 5.74. The van der Waals surface area contributed by atoms with Crippen LogP contribution in [0.15, 0.2) is 18.5 Å². The van der Waals surface area contributed by atoms with Gasteiger partial charge in [-0.05, 0) is 12.5 Å². The van der Waals surface area contributed by atoms with Crippen molar-refractivity contribution >= 4 is 11.9 Å². The zero-order valence-electron chi connectivity index (χ0n) is 12.6. The van der Waals surface area contributed by atoms with E-state index in [1.165, 1.54) is 0 Å². The molecular weight excluding hydrogens is 335 g/mol. The molecule has 1 aromatic heterocycles. The van der Waals surface area contributed by atoms with Crippen molar-refractivity contribution < 1.29 is 38.1 Å². The first-order valence-corrected chi connectivity index (χ1v) is 7.03. The number of aromatic nitrogens is 2. The van der Waals surface area contributed by atoms with Gasteiger partial charge in [-0.15, -0.1) is 0 Å². The maximum Gasteiger partial charge on any atom is 0.490 e. The van der Waals surface area contributed by atoms with Crippen molar-refractivity contribution in [3.63, 3.8) is 0 Å². The van der Waals surface area contributed by atoms with Crippen LogP contribution in [0.2, 0.25) is 0 Å². The number of hydrogen-bond acceptors (Lipinski definition) is 5. The minimum absolute atomic E-state index is 0.330. The number of aliphatic carboxylic acids is 2. The molecule has 1 aliphatic heterocycles. The van der Waals surface area contributed by atoms with Crippen molar-refractivity contribution in [2.45, 2.75) is 37.7 Å². The third kappa shape index (κ3) is 6.54. The van der Waals surface area contributed by atoms with E-state index in [2.05, 4.69) is 5.10 Å². The average Bonchev–Trinajstić information content (AvgIpc) is 3.08. The molecule has 1 aliphatic rings. The van der Waals surface area contributed by atoms with Gasteiger partial charge in [0.1, 0.15) is 6.04 Å². The molecule has 0 bridgehead atoms. The molecule has 0 radical (unpaired) electrons. The number of aliphatic hydroxyl groups is 1. The third-order valence-corrected chi connectivity index (χ3v) is 3.30. The Kier molecular flexibility index (Phi) is 7.17. The van der Waals surface area contributed by atoms with Crippen LogP contribution in [0.25, 0.3) is 0 Å². The molecule has 2 heterocycles. The Hall–Kier alpha value is -2.14. The number of carboxylic acids is 2. The first kappa shape index (κ1) is 19.9. The van der Waals surface area contributed by atoms with Gasteiger partial charge in [0, 0.05) is 38.4 Å². The maximum atomic E-state index is 11.0. The number of nitrogens with zero attached hydrogens (tertiary/aromatic N) is 3. The topological polar surface area (TPSA) is 116 Å². The summed E-state index contributed by atoms with van der Waals surface area (Å²) in [4.78, 5) is 21.7. The maximum absolute atomic E-state index is 11.0. The number of alkyl halides is 3. The molecule has 3 N–H and O–H groups in total. The van der Waals surface area contributed by atoms with E-state index in [-0.39, 0.29) is 0 Å². The zero-order valence-corrected chi connectivity index (χ0v) is 12.6. The fourth-order valence-electron chi connectivity index (χ4n) is 2.25. The fraction of sp³-hybridized carbons (Fsp3) is 0.615. The number of aliphatic hydroxyl groups excluding tert-OH is 1. The van der Waals surface area contributed by atoms with E-state index in [0.717, 1.165) is 13.0 Å². The lowest BCUT2D eigenvalue weighted by atomic mass is 10.2. The van der Waals surface area contributed by atoms with Crippen molar-refractivity contribution in [1.82, 2.24) is 14.7 Å². The van der Waals surface area contributed by atoms with Gasteiger partial charge in [0.2, 0.25) is 0 Å². The van der Waals surface area contributed by atoms with Crippen molar-refractivity contribution in [3.8, 4) is 0 Å². The summed E-state index contributed by atoms with van der Waals surface area (Å²) in [6, 6.07) is 1.32. The molecule has 24 heavy (non-hydrogen) atoms. The van der Waals surface area contributed by atoms with Gasteiger partial charge in [0.25, 0.3) is 0 Å². The summed E-state index contributed by atoms with van der Waals surface area (Å²) in [6.07, 6.45) is -0.830. The molecule has 8 nitrogen and oxygen atoms in total. The monoisotopic (exact) mass is 353 g/mol. The molecule has 2 rings (SSSR count). The van der Waals surface area contributed by atoms with Crippen LogP contribution in [0.1, 0.15) is 12.8 Å². The first-order valence-electron chi connectivity index (χ1n) is 7.03. The van der Waals surface area contributed by atoms with Gasteiger partial charge in [-0.3, -0.25) is 14.4 Å². The van der Waals surface area contributed by atoms with Crippen molar-refractivity contribution in [2.75, 3.05) is 13.1 Å². The van der Waals surface area contributed by atoms with Crippen LogP contribution in [-0.4, -0.2) is 73.4 Å². The standard InChI is InChI=1S/C11H17N3O3.C2HF3O2/c15-9-7-10(11(16)17)13(8-9)4-2-6-14-5-1-3-12-14;3-2(4,5)1(6)7/h1,3,5,9-10,15H,2,4,6-8H2,(H,16,17);(H,6,7)/t9-,10+;/m1./s1. The fourth-order valence-corrected chi connectivity index (χ4v) is 2.25. The molecule has 1 aromatic rings. The van der Waals surface area contributed by atoms with E-state index in [1.54, 1.807) is 6.20 Å². The molecule has 11 heteroatoms. The van der Waals surface area contributed by atoms with Crippen LogP contribution in [0.4, 0.5) is 13.2 Å². The molecule has 0 spiro atoms. The molecule has 0 aliphatic carbocycles. The van der Waals surface area contributed by atoms with Crippen LogP contribution in [0.3, 0.4) is 0 Å². The molecule has 0 amide bonds. The number of hydrogen-bond donors (Lipinski definition) is 3. The lowest BCUT2D eigenvalue weighted by Crippen LogP contribution is -2.36. The van der Waals surface area contributed by atoms with Crippen LogP contribution in [0.5, 0.6) is 0 Å². The predicted molar refractivity (Wildman–Crippen MR) is 74.2 cm³/mol. The lowest BCUT2D eigenvalue weighted by molar-refractivity contribution is -0.192. The Balaban J connectivity index is 0.000000351. The summed E-state index contributed by atoms with van der Waals surface area (Å²) >= 11 is 0. The normalized spacial score (nSPS) is 21.2. The number of likely N-dealkylation sites (tertiary alicyclic amines) is 1. The van der Waals surface area contributed by atoms with Crippen molar-refractivity contribution in [3.05, 3.63) is 18.5 Å². The van der Waals surface area contributed by atoms with Crippen molar-refractivity contribution in [2.24, 2.45) is 0 Å².